The Hall–Kier alpha value is -4.85. The first-order chi connectivity index (χ1) is 30.2. The number of halogens is 12. The molecule has 0 saturated heterocycles. The molecule has 2 atom stereocenters. The van der Waals surface area contributed by atoms with Crippen LogP contribution in [0.5, 0.6) is 0 Å². The summed E-state index contributed by atoms with van der Waals surface area (Å²) in [7, 11) is -1.52. The minimum Gasteiger partial charge on any atom is -0.346 e. The van der Waals surface area contributed by atoms with E-state index in [0.29, 0.717) is 22.7 Å². The van der Waals surface area contributed by atoms with Gasteiger partial charge in [0.05, 0.1) is 27.7 Å². The zero-order valence-corrected chi connectivity index (χ0v) is 38.1. The van der Waals surface area contributed by atoms with Crippen LogP contribution in [-0.2, 0) is 53.6 Å². The third kappa shape index (κ3) is 11.4. The number of alkyl halides is 8. The summed E-state index contributed by atoms with van der Waals surface area (Å²) in [4.78, 5) is 31.0. The van der Waals surface area contributed by atoms with Gasteiger partial charge in [0.2, 0.25) is 5.91 Å². The number of benzene rings is 2. The molecule has 6 rings (SSSR count). The first-order valence-corrected chi connectivity index (χ1v) is 22.7. The topological polar surface area (TPSA) is 115 Å². The van der Waals surface area contributed by atoms with Gasteiger partial charge in [-0.15, -0.1) is 0 Å². The van der Waals surface area contributed by atoms with Crippen LogP contribution in [0.15, 0.2) is 42.5 Å². The van der Waals surface area contributed by atoms with Gasteiger partial charge in [-0.2, -0.15) is 45.3 Å². The molecule has 0 radical (unpaired) electrons. The predicted octanol–water partition coefficient (Wildman–Crippen LogP) is 10.9. The largest absolute Gasteiger partial charge is 0.435 e. The Morgan fingerprint density at radius 1 is 1.00 bits per heavy atom. The summed E-state index contributed by atoms with van der Waals surface area (Å²) < 4.78 is 157. The average Bonchev–Trinajstić information content (AvgIpc) is 3.85. The Labute approximate surface area is 382 Å². The van der Waals surface area contributed by atoms with Crippen molar-refractivity contribution in [3.05, 3.63) is 93.0 Å². The number of anilines is 1. The molecule has 1 N–H and O–H groups in total. The monoisotopic (exact) mass is 999 g/mol. The molecule has 5 aromatic rings. The standard InChI is InChI=1S/C39H31Cl2F10N7O3S2.C2H6/c1-36(2,63(4)61)11-9-22-5-6-23(24-7-8-26(40)29-31(24)57(18-38(46,47)48)55-34(29)58(62-3)35(41)60)30(52-22)27(15-19-13-20(42)16-21(43)14-19)53-28(59)17-56-33-25(10-12-37(33,44)45)32(54-56)39(49,50)51;1-2/h5-8,13-14,16,27H,10,12,15,17-18H2,1-4H3,(H,53,59);1-2H3. The number of hydrogen-bond donors (Lipinski definition) is 1. The number of rotatable bonds is 11. The first kappa shape index (κ1) is 51.1. The maximum atomic E-state index is 15.1. The number of fused-ring (bicyclic) bond motifs is 2. The van der Waals surface area contributed by atoms with Crippen molar-refractivity contribution in [3.63, 3.8) is 0 Å². The van der Waals surface area contributed by atoms with Crippen molar-refractivity contribution in [1.29, 1.82) is 0 Å². The van der Waals surface area contributed by atoms with Gasteiger partial charge in [-0.1, -0.05) is 37.4 Å². The number of amides is 2. The normalized spacial score (nSPS) is 14.5. The molecule has 3 aromatic heterocycles. The number of pyridine rings is 1. The van der Waals surface area contributed by atoms with E-state index in [1.165, 1.54) is 36.8 Å². The quantitative estimate of drug-likeness (QED) is 0.0461. The summed E-state index contributed by atoms with van der Waals surface area (Å²) in [6, 6.07) is 5.83. The third-order valence-corrected chi connectivity index (χ3v) is 12.6. The number of aromatic nitrogens is 5. The lowest BCUT2D eigenvalue weighted by molar-refractivity contribution is -0.142. The van der Waals surface area contributed by atoms with Gasteiger partial charge in [0.15, 0.2) is 11.5 Å². The van der Waals surface area contributed by atoms with Crippen LogP contribution < -0.4 is 9.62 Å². The summed E-state index contributed by atoms with van der Waals surface area (Å²) in [5.74, 6) is -2.02. The Bertz CT molecular complexity index is 2710. The maximum absolute atomic E-state index is 15.1. The lowest BCUT2D eigenvalue weighted by Crippen LogP contribution is -2.35. The fourth-order valence-electron chi connectivity index (χ4n) is 6.92. The third-order valence-electron chi connectivity index (χ3n) is 9.79. The van der Waals surface area contributed by atoms with Gasteiger partial charge in [-0.3, -0.25) is 23.2 Å². The highest BCUT2D eigenvalue weighted by molar-refractivity contribution is 8.00. The molecule has 24 heteroatoms. The van der Waals surface area contributed by atoms with Crippen LogP contribution >= 0.6 is 35.1 Å². The lowest BCUT2D eigenvalue weighted by Gasteiger charge is -2.23. The Kier molecular flexibility index (Phi) is 15.4. The first-order valence-electron chi connectivity index (χ1n) is 19.2. The van der Waals surface area contributed by atoms with Crippen LogP contribution in [0.1, 0.15) is 74.1 Å². The van der Waals surface area contributed by atoms with Crippen LogP contribution in [0.4, 0.5) is 54.5 Å². The fraction of sp³-hybridized carbons (Fsp3) is 0.390. The molecule has 1 aliphatic rings. The lowest BCUT2D eigenvalue weighted by atomic mass is 9.93. The van der Waals surface area contributed by atoms with Crippen molar-refractivity contribution in [2.75, 3.05) is 16.8 Å². The van der Waals surface area contributed by atoms with Crippen LogP contribution in [0.2, 0.25) is 5.02 Å². The molecule has 0 saturated carbocycles. The van der Waals surface area contributed by atoms with Crippen molar-refractivity contribution in [3.8, 4) is 23.0 Å². The van der Waals surface area contributed by atoms with Gasteiger partial charge in [-0.05, 0) is 92.1 Å². The smallest absolute Gasteiger partial charge is 0.346 e. The van der Waals surface area contributed by atoms with Crippen molar-refractivity contribution < 1.29 is 57.7 Å². The van der Waals surface area contributed by atoms with Crippen LogP contribution in [0, 0.1) is 23.5 Å². The van der Waals surface area contributed by atoms with Gasteiger partial charge in [0.25, 0.3) is 5.92 Å². The number of carbonyl (C=O) groups is 2. The molecule has 0 aliphatic heterocycles. The van der Waals surface area contributed by atoms with E-state index in [9.17, 15) is 48.9 Å². The van der Waals surface area contributed by atoms with Crippen molar-refractivity contribution >= 4 is 73.9 Å². The van der Waals surface area contributed by atoms with E-state index >= 15 is 8.78 Å². The predicted molar refractivity (Wildman–Crippen MR) is 228 cm³/mol. The van der Waals surface area contributed by atoms with Crippen molar-refractivity contribution in [2.45, 2.75) is 89.1 Å². The zero-order valence-electron chi connectivity index (χ0n) is 34.9. The average molecular weight is 1000 g/mol. The van der Waals surface area contributed by atoms with E-state index in [2.05, 4.69) is 32.3 Å². The van der Waals surface area contributed by atoms with E-state index < -0.39 is 118 Å². The van der Waals surface area contributed by atoms with E-state index in [4.69, 9.17) is 23.2 Å². The van der Waals surface area contributed by atoms with Crippen molar-refractivity contribution in [2.24, 2.45) is 0 Å². The SMILES string of the molecule is CC.CSN(C(=O)Cl)c1nn(CC(F)(F)F)c2c(-c3ccc(C#CC(C)(C)S(C)=O)nc3C(Cc3cc(F)cc(F)c3)NC(=O)Cn3nc(C(F)(F)F)c4c3C(F)(F)CC4)ccc(Cl)c12. The number of carbonyl (C=O) groups excluding carboxylic acids is 2. The summed E-state index contributed by atoms with van der Waals surface area (Å²) >= 11 is 13.1. The molecular weight excluding hydrogens is 964 g/mol. The van der Waals surface area contributed by atoms with E-state index in [1.54, 1.807) is 13.8 Å². The minimum atomic E-state index is -5.16. The molecule has 350 valence electrons. The van der Waals surface area contributed by atoms with Crippen LogP contribution in [-0.4, -0.2) is 63.5 Å². The molecule has 0 bridgehead atoms. The summed E-state index contributed by atoms with van der Waals surface area (Å²) in [5.41, 5.74) is -4.61. The summed E-state index contributed by atoms with van der Waals surface area (Å²) in [6.07, 6.45) is -9.57. The van der Waals surface area contributed by atoms with Gasteiger partial charge >= 0.3 is 17.7 Å². The molecular formula is C41H37Cl2F10N7O3S2. The highest BCUT2D eigenvalue weighted by Gasteiger charge is 2.50. The van der Waals surface area contributed by atoms with Gasteiger partial charge in [-0.25, -0.2) is 18.1 Å². The van der Waals surface area contributed by atoms with E-state index in [1.807, 2.05) is 13.8 Å². The summed E-state index contributed by atoms with van der Waals surface area (Å²) in [6.45, 7) is 4.14. The molecule has 3 heterocycles. The minimum absolute atomic E-state index is 0.0905. The Morgan fingerprint density at radius 3 is 2.20 bits per heavy atom. The Morgan fingerprint density at radius 2 is 1.63 bits per heavy atom. The fourth-order valence-corrected chi connectivity index (χ4v) is 8.08. The number of nitrogens with one attached hydrogen (secondary N) is 1. The molecule has 0 spiro atoms. The highest BCUT2D eigenvalue weighted by atomic mass is 35.5. The second kappa shape index (κ2) is 19.5. The summed E-state index contributed by atoms with van der Waals surface area (Å²) in [5, 5.41) is 8.32. The Balaban J connectivity index is 0.00000391. The van der Waals surface area contributed by atoms with E-state index in [-0.39, 0.29) is 48.7 Å². The molecule has 2 amide bonds. The number of hydrogen-bond acceptors (Lipinski definition) is 7. The molecule has 1 aliphatic carbocycles. The molecule has 0 fully saturated rings. The highest BCUT2D eigenvalue weighted by Crippen LogP contribution is 2.47. The zero-order chi connectivity index (χ0) is 48.6. The molecule has 2 unspecified atom stereocenters. The van der Waals surface area contributed by atoms with Gasteiger partial charge < -0.3 is 5.32 Å². The molecule has 2 aromatic carbocycles. The van der Waals surface area contributed by atoms with Crippen LogP contribution in [0.3, 0.4) is 0 Å². The second-order valence-corrected chi connectivity index (χ2v) is 18.0. The van der Waals surface area contributed by atoms with Gasteiger partial charge in [0, 0.05) is 52.5 Å². The second-order valence-electron chi connectivity index (χ2n) is 14.6. The molecule has 10 nitrogen and oxygen atoms in total. The van der Waals surface area contributed by atoms with Crippen molar-refractivity contribution in [1.82, 2.24) is 29.9 Å². The van der Waals surface area contributed by atoms with E-state index in [0.717, 1.165) is 16.4 Å². The molecule has 65 heavy (non-hydrogen) atoms. The maximum Gasteiger partial charge on any atom is 0.435 e. The number of nitrogens with zero attached hydrogens (tertiary/aromatic N) is 6. The van der Waals surface area contributed by atoms with Crippen LogP contribution in [0.25, 0.3) is 22.0 Å². The van der Waals surface area contributed by atoms with Gasteiger partial charge in [0.1, 0.15) is 40.9 Å².